The third kappa shape index (κ3) is 5.81. The second-order valence-corrected chi connectivity index (χ2v) is 17.3. The average molecular weight is 805 g/mol. The summed E-state index contributed by atoms with van der Waals surface area (Å²) in [6, 6.07) is 53.1. The van der Waals surface area contributed by atoms with Crippen molar-refractivity contribution in [2.45, 2.75) is 55.4 Å². The van der Waals surface area contributed by atoms with E-state index in [0.29, 0.717) is 0 Å². The lowest BCUT2D eigenvalue weighted by atomic mass is 9.99. The van der Waals surface area contributed by atoms with Crippen molar-refractivity contribution in [3.05, 3.63) is 190 Å². The molecule has 0 spiro atoms. The van der Waals surface area contributed by atoms with Gasteiger partial charge in [0.25, 0.3) is 0 Å². The smallest absolute Gasteiger partial charge is 0.178 e. The molecule has 4 heteroatoms. The van der Waals surface area contributed by atoms with Crippen molar-refractivity contribution < 1.29 is 8.83 Å². The molecule has 11 rings (SSSR count). The van der Waals surface area contributed by atoms with Crippen LogP contribution in [0.5, 0.6) is 0 Å². The van der Waals surface area contributed by atoms with E-state index < -0.39 is 0 Å². The molecule has 302 valence electrons. The normalized spacial score (nSPS) is 11.9. The number of para-hydroxylation sites is 2. The standard InChI is InChI=1S/C58H48N2O2/c1-33-17-25-53(39(7)37(33)5)59(51-15-11-9-13-35(51)3)45-21-19-41-29-49-47-23-24-48-50-30-42-20-22-46(28-44(42)32-56(50)62-58(48)57(47)61-55(49)31-43(41)27-45)60(52-16-12-10-14-36(52)4)54-26-18-34(2)38(6)40(54)8/h9-32H,1-8H3. The number of hydrogen-bond donors (Lipinski definition) is 0. The molecule has 0 amide bonds. The summed E-state index contributed by atoms with van der Waals surface area (Å²) in [6.45, 7) is 17.6. The Morgan fingerprint density at radius 3 is 1.15 bits per heavy atom. The molecule has 4 nitrogen and oxygen atoms in total. The van der Waals surface area contributed by atoms with Crippen molar-refractivity contribution in [1.29, 1.82) is 0 Å². The summed E-state index contributed by atoms with van der Waals surface area (Å²) in [5, 5.41) is 8.82. The van der Waals surface area contributed by atoms with Crippen LogP contribution in [0.15, 0.2) is 154 Å². The molecule has 0 aliphatic carbocycles. The largest absolute Gasteiger partial charge is 0.452 e. The van der Waals surface area contributed by atoms with E-state index >= 15 is 0 Å². The van der Waals surface area contributed by atoms with Crippen molar-refractivity contribution in [3.63, 3.8) is 0 Å². The molecule has 2 heterocycles. The Labute approximate surface area is 362 Å². The van der Waals surface area contributed by atoms with E-state index in [-0.39, 0.29) is 0 Å². The van der Waals surface area contributed by atoms with Crippen LogP contribution in [0.4, 0.5) is 34.1 Å². The third-order valence-corrected chi connectivity index (χ3v) is 13.7. The van der Waals surface area contributed by atoms with Gasteiger partial charge in [-0.3, -0.25) is 0 Å². The predicted octanol–water partition coefficient (Wildman–Crippen LogP) is 17.2. The first-order valence-electron chi connectivity index (χ1n) is 21.6. The number of furan rings is 2. The monoisotopic (exact) mass is 804 g/mol. The minimum Gasteiger partial charge on any atom is -0.452 e. The van der Waals surface area contributed by atoms with E-state index in [4.69, 9.17) is 8.83 Å². The van der Waals surface area contributed by atoms with Gasteiger partial charge in [0.05, 0.1) is 0 Å². The van der Waals surface area contributed by atoms with Gasteiger partial charge in [-0.15, -0.1) is 0 Å². The van der Waals surface area contributed by atoms with E-state index in [0.717, 1.165) is 76.8 Å². The van der Waals surface area contributed by atoms with Crippen LogP contribution >= 0.6 is 0 Å². The molecule has 0 fully saturated rings. The number of hydrogen-bond acceptors (Lipinski definition) is 4. The Morgan fingerprint density at radius 2 is 0.726 bits per heavy atom. The molecule has 62 heavy (non-hydrogen) atoms. The van der Waals surface area contributed by atoms with Gasteiger partial charge in [-0.1, -0.05) is 60.7 Å². The Morgan fingerprint density at radius 1 is 0.306 bits per heavy atom. The lowest BCUT2D eigenvalue weighted by Crippen LogP contribution is -2.13. The first kappa shape index (κ1) is 37.7. The third-order valence-electron chi connectivity index (χ3n) is 13.7. The number of fused-ring (bicyclic) bond motifs is 9. The SMILES string of the molecule is Cc1ccccc1N(c1ccc2cc3c(cc2c1)oc1c3ccc2c3cc4ccc(N(c5ccccc5C)c5ccc(C)c(C)c5C)cc4cc3oc21)c1ccc(C)c(C)c1C. The number of anilines is 6. The maximum absolute atomic E-state index is 6.81. The minimum absolute atomic E-state index is 0.775. The summed E-state index contributed by atoms with van der Waals surface area (Å²) >= 11 is 0. The topological polar surface area (TPSA) is 32.8 Å². The Kier molecular flexibility index (Phi) is 8.59. The van der Waals surface area contributed by atoms with Gasteiger partial charge in [-0.25, -0.2) is 0 Å². The second-order valence-electron chi connectivity index (χ2n) is 17.3. The highest BCUT2D eigenvalue weighted by molar-refractivity contribution is 6.21. The van der Waals surface area contributed by atoms with Crippen LogP contribution in [-0.2, 0) is 0 Å². The quantitative estimate of drug-likeness (QED) is 0.168. The van der Waals surface area contributed by atoms with Crippen LogP contribution in [0.1, 0.15) is 44.5 Å². The van der Waals surface area contributed by atoms with Gasteiger partial charge >= 0.3 is 0 Å². The van der Waals surface area contributed by atoms with Crippen molar-refractivity contribution >= 4 is 99.5 Å². The van der Waals surface area contributed by atoms with Crippen LogP contribution in [0, 0.1) is 55.4 Å². The highest BCUT2D eigenvalue weighted by Crippen LogP contribution is 2.45. The Balaban J connectivity index is 1.04. The van der Waals surface area contributed by atoms with E-state index in [1.54, 1.807) is 0 Å². The van der Waals surface area contributed by atoms with Gasteiger partial charge in [-0.2, -0.15) is 0 Å². The van der Waals surface area contributed by atoms with Crippen LogP contribution in [0.3, 0.4) is 0 Å². The van der Waals surface area contributed by atoms with Crippen molar-refractivity contribution in [2.24, 2.45) is 0 Å². The summed E-state index contributed by atoms with van der Waals surface area (Å²) in [4.78, 5) is 4.80. The molecule has 0 aliphatic heterocycles. The van der Waals surface area contributed by atoms with Crippen LogP contribution in [0.25, 0.3) is 65.4 Å². The van der Waals surface area contributed by atoms with Crippen molar-refractivity contribution in [1.82, 2.24) is 0 Å². The molecule has 0 saturated carbocycles. The molecule has 0 saturated heterocycles. The average Bonchev–Trinajstić information content (AvgIpc) is 3.83. The van der Waals surface area contributed by atoms with Gasteiger partial charge in [0.2, 0.25) is 0 Å². The van der Waals surface area contributed by atoms with Crippen molar-refractivity contribution in [3.8, 4) is 0 Å². The minimum atomic E-state index is 0.775. The first-order valence-corrected chi connectivity index (χ1v) is 21.6. The molecule has 0 aliphatic rings. The zero-order valence-electron chi connectivity index (χ0n) is 36.6. The van der Waals surface area contributed by atoms with Crippen LogP contribution < -0.4 is 9.80 Å². The maximum atomic E-state index is 6.81. The van der Waals surface area contributed by atoms with E-state index in [1.807, 2.05) is 0 Å². The van der Waals surface area contributed by atoms with Gasteiger partial charge in [0.15, 0.2) is 11.2 Å². The second kappa shape index (κ2) is 14.1. The van der Waals surface area contributed by atoms with Gasteiger partial charge in [-0.05, 0) is 206 Å². The highest BCUT2D eigenvalue weighted by atomic mass is 16.4. The number of nitrogens with zero attached hydrogens (tertiary/aromatic N) is 2. The summed E-state index contributed by atoms with van der Waals surface area (Å²) in [6.07, 6.45) is 0. The fraction of sp³-hybridized carbons (Fsp3) is 0.138. The molecular formula is C58H48N2O2. The first-order chi connectivity index (χ1) is 30.0. The molecule has 2 aromatic heterocycles. The molecule has 0 radical (unpaired) electrons. The van der Waals surface area contributed by atoms with E-state index in [1.165, 1.54) is 67.3 Å². The summed E-state index contributed by atoms with van der Waals surface area (Å²) in [7, 11) is 0. The fourth-order valence-corrected chi connectivity index (χ4v) is 9.62. The molecule has 11 aromatic rings. The van der Waals surface area contributed by atoms with Crippen LogP contribution in [-0.4, -0.2) is 0 Å². The molecule has 0 unspecified atom stereocenters. The summed E-state index contributed by atoms with van der Waals surface area (Å²) in [5.74, 6) is 0. The van der Waals surface area contributed by atoms with Crippen molar-refractivity contribution in [2.75, 3.05) is 9.80 Å². The fourth-order valence-electron chi connectivity index (χ4n) is 9.62. The lowest BCUT2D eigenvalue weighted by molar-refractivity contribution is 0.634. The molecule has 9 aromatic carbocycles. The molecular weight excluding hydrogens is 757 g/mol. The van der Waals surface area contributed by atoms with E-state index in [2.05, 4.69) is 211 Å². The molecule has 0 bridgehead atoms. The predicted molar refractivity (Wildman–Crippen MR) is 263 cm³/mol. The number of rotatable bonds is 6. The van der Waals surface area contributed by atoms with E-state index in [9.17, 15) is 0 Å². The zero-order chi connectivity index (χ0) is 42.6. The zero-order valence-corrected chi connectivity index (χ0v) is 36.6. The van der Waals surface area contributed by atoms with Gasteiger partial charge in [0, 0.05) is 55.7 Å². The Bertz CT molecular complexity index is 3400. The van der Waals surface area contributed by atoms with Gasteiger partial charge in [0.1, 0.15) is 11.2 Å². The van der Waals surface area contributed by atoms with Gasteiger partial charge < -0.3 is 18.6 Å². The summed E-state index contributed by atoms with van der Waals surface area (Å²) in [5.41, 5.74) is 20.4. The van der Waals surface area contributed by atoms with Crippen LogP contribution in [0.2, 0.25) is 0 Å². The Hall–Kier alpha value is -7.30. The molecule has 0 atom stereocenters. The number of aryl methyl sites for hydroxylation is 4. The maximum Gasteiger partial charge on any atom is 0.178 e. The summed E-state index contributed by atoms with van der Waals surface area (Å²) < 4.78 is 13.6. The molecule has 0 N–H and O–H groups in total. The lowest BCUT2D eigenvalue weighted by Gasteiger charge is -2.29. The number of benzene rings is 9. The highest BCUT2D eigenvalue weighted by Gasteiger charge is 2.22.